The van der Waals surface area contributed by atoms with E-state index >= 15 is 0 Å². The lowest BCUT2D eigenvalue weighted by Crippen LogP contribution is -2.17. The molecule has 0 aliphatic heterocycles. The van der Waals surface area contributed by atoms with Crippen molar-refractivity contribution >= 4 is 23.0 Å². The predicted octanol–water partition coefficient (Wildman–Crippen LogP) is 2.97. The van der Waals surface area contributed by atoms with E-state index in [0.717, 1.165) is 10.9 Å². The number of amides is 1. The van der Waals surface area contributed by atoms with E-state index < -0.39 is 5.91 Å². The van der Waals surface area contributed by atoms with Crippen LogP contribution in [0.25, 0.3) is 10.9 Å². The fourth-order valence-corrected chi connectivity index (χ4v) is 2.81. The first kappa shape index (κ1) is 19.1. The number of carbonyl (C=O) groups is 1. The lowest BCUT2D eigenvalue weighted by molar-refractivity contribution is 0.0951. The van der Waals surface area contributed by atoms with Gasteiger partial charge >= 0.3 is 0 Å². The van der Waals surface area contributed by atoms with Crippen LogP contribution >= 0.6 is 0 Å². The standard InChI is InChI=1S/C20H21N3O5/c1-25-14-7-5-6-12(8-14)11-21-23-20(24)15-9-13-10-16(26-2)18(27-3)19(28-4)17(13)22-15/h5-11,22H,1-4H3,(H,23,24)/b21-11-. The normalized spacial score (nSPS) is 10.9. The van der Waals surface area contributed by atoms with Gasteiger partial charge in [-0.2, -0.15) is 5.10 Å². The van der Waals surface area contributed by atoms with Crippen molar-refractivity contribution in [3.63, 3.8) is 0 Å². The third-order valence-corrected chi connectivity index (χ3v) is 4.14. The van der Waals surface area contributed by atoms with Crippen molar-refractivity contribution in [2.45, 2.75) is 0 Å². The van der Waals surface area contributed by atoms with Crippen molar-refractivity contribution in [3.8, 4) is 23.0 Å². The number of carbonyl (C=O) groups excluding carboxylic acids is 1. The highest BCUT2D eigenvalue weighted by atomic mass is 16.5. The Morgan fingerprint density at radius 1 is 1.00 bits per heavy atom. The monoisotopic (exact) mass is 383 g/mol. The molecule has 1 amide bonds. The maximum atomic E-state index is 12.5. The Kier molecular flexibility index (Phi) is 5.69. The van der Waals surface area contributed by atoms with Gasteiger partial charge in [0, 0.05) is 5.39 Å². The van der Waals surface area contributed by atoms with E-state index in [1.54, 1.807) is 19.2 Å². The molecule has 3 aromatic rings. The molecule has 2 N–H and O–H groups in total. The lowest BCUT2D eigenvalue weighted by atomic mass is 10.2. The molecule has 0 saturated heterocycles. The van der Waals surface area contributed by atoms with Crippen molar-refractivity contribution in [1.82, 2.24) is 10.4 Å². The third kappa shape index (κ3) is 3.71. The molecule has 0 aliphatic rings. The summed E-state index contributed by atoms with van der Waals surface area (Å²) >= 11 is 0. The lowest BCUT2D eigenvalue weighted by Gasteiger charge is -2.12. The summed E-state index contributed by atoms with van der Waals surface area (Å²) in [6.45, 7) is 0. The Balaban J connectivity index is 1.84. The van der Waals surface area contributed by atoms with Crippen LogP contribution in [0.15, 0.2) is 41.5 Å². The van der Waals surface area contributed by atoms with Gasteiger partial charge in [0.25, 0.3) is 5.91 Å². The van der Waals surface area contributed by atoms with Crippen molar-refractivity contribution in [2.24, 2.45) is 5.10 Å². The first-order chi connectivity index (χ1) is 13.6. The van der Waals surface area contributed by atoms with Gasteiger partial charge in [-0.1, -0.05) is 12.1 Å². The number of benzene rings is 2. The van der Waals surface area contributed by atoms with Gasteiger partial charge in [-0.15, -0.1) is 0 Å². The van der Waals surface area contributed by atoms with E-state index in [1.165, 1.54) is 27.5 Å². The minimum absolute atomic E-state index is 0.325. The fraction of sp³-hybridized carbons (Fsp3) is 0.200. The molecule has 0 radical (unpaired) electrons. The van der Waals surface area contributed by atoms with Crippen LogP contribution in [-0.2, 0) is 0 Å². The van der Waals surface area contributed by atoms with E-state index in [1.807, 2.05) is 24.3 Å². The van der Waals surface area contributed by atoms with Crippen LogP contribution in [0.3, 0.4) is 0 Å². The summed E-state index contributed by atoms with van der Waals surface area (Å²) in [5, 5.41) is 4.74. The van der Waals surface area contributed by atoms with E-state index in [0.29, 0.717) is 34.2 Å². The number of hydrogen-bond donors (Lipinski definition) is 2. The van der Waals surface area contributed by atoms with Gasteiger partial charge in [0.2, 0.25) is 5.75 Å². The van der Waals surface area contributed by atoms with Crippen LogP contribution in [0.1, 0.15) is 16.1 Å². The molecule has 3 rings (SSSR count). The maximum Gasteiger partial charge on any atom is 0.287 e. The molecule has 146 valence electrons. The quantitative estimate of drug-likeness (QED) is 0.483. The molecule has 0 saturated carbocycles. The number of methoxy groups -OCH3 is 4. The number of H-pyrrole nitrogens is 1. The first-order valence-corrected chi connectivity index (χ1v) is 8.40. The molecule has 0 aliphatic carbocycles. The van der Waals surface area contributed by atoms with Crippen LogP contribution in [0.2, 0.25) is 0 Å². The molecule has 0 unspecified atom stereocenters. The highest BCUT2D eigenvalue weighted by molar-refractivity contribution is 6.01. The summed E-state index contributed by atoms with van der Waals surface area (Å²) in [6.07, 6.45) is 1.54. The second-order valence-electron chi connectivity index (χ2n) is 5.77. The number of nitrogens with one attached hydrogen (secondary N) is 2. The zero-order chi connectivity index (χ0) is 20.1. The number of aromatic amines is 1. The molecule has 1 aromatic heterocycles. The average molecular weight is 383 g/mol. The summed E-state index contributed by atoms with van der Waals surface area (Å²) in [6, 6.07) is 10.8. The first-order valence-electron chi connectivity index (χ1n) is 8.40. The van der Waals surface area contributed by atoms with Gasteiger partial charge in [-0.05, 0) is 29.8 Å². The largest absolute Gasteiger partial charge is 0.497 e. The number of aromatic nitrogens is 1. The molecule has 0 atom stereocenters. The predicted molar refractivity (Wildman–Crippen MR) is 106 cm³/mol. The van der Waals surface area contributed by atoms with E-state index in [-0.39, 0.29) is 0 Å². The number of hydrogen-bond acceptors (Lipinski definition) is 6. The zero-order valence-electron chi connectivity index (χ0n) is 16.0. The molecular formula is C20H21N3O5. The van der Waals surface area contributed by atoms with Crippen molar-refractivity contribution < 1.29 is 23.7 Å². The van der Waals surface area contributed by atoms with Gasteiger partial charge in [0.1, 0.15) is 11.4 Å². The topological polar surface area (TPSA) is 94.2 Å². The Labute approximate surface area is 162 Å². The third-order valence-electron chi connectivity index (χ3n) is 4.14. The van der Waals surface area contributed by atoms with Gasteiger partial charge in [0.15, 0.2) is 11.5 Å². The molecule has 0 spiro atoms. The number of ether oxygens (including phenoxy) is 4. The summed E-state index contributed by atoms with van der Waals surface area (Å²) in [5.41, 5.74) is 4.25. The molecule has 1 heterocycles. The highest BCUT2D eigenvalue weighted by Gasteiger charge is 2.19. The Hall–Kier alpha value is -3.68. The average Bonchev–Trinajstić information content (AvgIpc) is 3.16. The number of rotatable bonds is 7. The second kappa shape index (κ2) is 8.34. The SMILES string of the molecule is COc1cccc(/C=N\NC(=O)c2cc3cc(OC)c(OC)c(OC)c3[nH]2)c1. The van der Waals surface area contributed by atoms with Crippen molar-refractivity contribution in [1.29, 1.82) is 0 Å². The van der Waals surface area contributed by atoms with Crippen molar-refractivity contribution in [3.05, 3.63) is 47.7 Å². The van der Waals surface area contributed by atoms with Crippen molar-refractivity contribution in [2.75, 3.05) is 28.4 Å². The number of hydrazone groups is 1. The van der Waals surface area contributed by atoms with Crippen LogP contribution < -0.4 is 24.4 Å². The number of nitrogens with zero attached hydrogens (tertiary/aromatic N) is 1. The van der Waals surface area contributed by atoms with Crippen LogP contribution in [0, 0.1) is 0 Å². The Bertz CT molecular complexity index is 1030. The van der Waals surface area contributed by atoms with E-state index in [9.17, 15) is 4.79 Å². The van der Waals surface area contributed by atoms with Gasteiger partial charge in [0.05, 0.1) is 40.2 Å². The Morgan fingerprint density at radius 3 is 2.46 bits per heavy atom. The minimum Gasteiger partial charge on any atom is -0.497 e. The fourth-order valence-electron chi connectivity index (χ4n) is 2.81. The molecule has 0 fully saturated rings. The number of fused-ring (bicyclic) bond motifs is 1. The summed E-state index contributed by atoms with van der Waals surface area (Å²) < 4.78 is 21.3. The molecule has 8 heteroatoms. The van der Waals surface area contributed by atoms with Crippen LogP contribution in [0.5, 0.6) is 23.0 Å². The van der Waals surface area contributed by atoms with Crippen LogP contribution in [-0.4, -0.2) is 45.5 Å². The van der Waals surface area contributed by atoms with Gasteiger partial charge < -0.3 is 23.9 Å². The minimum atomic E-state index is -0.393. The Morgan fingerprint density at radius 2 is 1.79 bits per heavy atom. The second-order valence-corrected chi connectivity index (χ2v) is 5.77. The summed E-state index contributed by atoms with van der Waals surface area (Å²) in [5.74, 6) is 1.73. The molecule has 8 nitrogen and oxygen atoms in total. The zero-order valence-corrected chi connectivity index (χ0v) is 16.0. The molecule has 28 heavy (non-hydrogen) atoms. The summed E-state index contributed by atoms with van der Waals surface area (Å²) in [7, 11) is 6.18. The molecule has 0 bridgehead atoms. The molecule has 2 aromatic carbocycles. The molecular weight excluding hydrogens is 362 g/mol. The van der Waals surface area contributed by atoms with Crippen LogP contribution in [0.4, 0.5) is 0 Å². The maximum absolute atomic E-state index is 12.5. The van der Waals surface area contributed by atoms with Gasteiger partial charge in [-0.3, -0.25) is 4.79 Å². The summed E-state index contributed by atoms with van der Waals surface area (Å²) in [4.78, 5) is 15.5. The smallest absolute Gasteiger partial charge is 0.287 e. The van der Waals surface area contributed by atoms with E-state index in [4.69, 9.17) is 18.9 Å². The van der Waals surface area contributed by atoms with Gasteiger partial charge in [-0.25, -0.2) is 5.43 Å². The highest BCUT2D eigenvalue weighted by Crippen LogP contribution is 2.43. The van der Waals surface area contributed by atoms with E-state index in [2.05, 4.69) is 15.5 Å².